The van der Waals surface area contributed by atoms with Gasteiger partial charge in [0.1, 0.15) is 5.82 Å². The van der Waals surface area contributed by atoms with E-state index in [1.807, 2.05) is 0 Å². The number of hydrogen-bond acceptors (Lipinski definition) is 3. The highest BCUT2D eigenvalue weighted by molar-refractivity contribution is 9.10. The van der Waals surface area contributed by atoms with Crippen LogP contribution in [0.5, 0.6) is 0 Å². The fraction of sp³-hybridized carbons (Fsp3) is 0.500. The van der Waals surface area contributed by atoms with E-state index in [1.54, 1.807) is 19.2 Å². The van der Waals surface area contributed by atoms with Gasteiger partial charge in [0.2, 0.25) is 0 Å². The van der Waals surface area contributed by atoms with Gasteiger partial charge in [0, 0.05) is 31.3 Å². The Morgan fingerprint density at radius 2 is 2.24 bits per heavy atom. The Morgan fingerprint density at radius 1 is 1.53 bits per heavy atom. The normalized spacial score (nSPS) is 14.4. The van der Waals surface area contributed by atoms with Crippen LogP contribution in [0, 0.1) is 11.7 Å². The first-order valence-electron chi connectivity index (χ1n) is 5.49. The molecule has 0 spiro atoms. The van der Waals surface area contributed by atoms with Crippen molar-refractivity contribution in [3.63, 3.8) is 0 Å². The predicted molar refractivity (Wildman–Crippen MR) is 71.6 cm³/mol. The Hall–Kier alpha value is -0.650. The smallest absolute Gasteiger partial charge is 0.137 e. The molecule has 0 aliphatic heterocycles. The Kier molecular flexibility index (Phi) is 5.88. The molecule has 2 unspecified atom stereocenters. The van der Waals surface area contributed by atoms with Crippen molar-refractivity contribution in [1.29, 1.82) is 0 Å². The molecule has 2 atom stereocenters. The van der Waals surface area contributed by atoms with Gasteiger partial charge in [-0.3, -0.25) is 0 Å². The van der Waals surface area contributed by atoms with E-state index in [9.17, 15) is 4.39 Å². The lowest BCUT2D eigenvalue weighted by molar-refractivity contribution is 0.151. The Morgan fingerprint density at radius 3 is 2.76 bits per heavy atom. The molecule has 0 bridgehead atoms. The number of methoxy groups -OCH3 is 1. The summed E-state index contributed by atoms with van der Waals surface area (Å²) in [6.07, 6.45) is 0. The maximum atomic E-state index is 13.1. The van der Waals surface area contributed by atoms with Gasteiger partial charge >= 0.3 is 0 Å². The van der Waals surface area contributed by atoms with Crippen LogP contribution >= 0.6 is 15.9 Å². The summed E-state index contributed by atoms with van der Waals surface area (Å²) in [7, 11) is 1.67. The molecule has 0 amide bonds. The van der Waals surface area contributed by atoms with Crippen LogP contribution in [0.4, 0.5) is 10.1 Å². The van der Waals surface area contributed by atoms with Crippen molar-refractivity contribution >= 4 is 21.6 Å². The first-order valence-corrected chi connectivity index (χ1v) is 6.28. The Bertz CT molecular complexity index is 362. The zero-order valence-corrected chi connectivity index (χ0v) is 11.6. The third-order valence-corrected chi connectivity index (χ3v) is 3.25. The van der Waals surface area contributed by atoms with Gasteiger partial charge in [0.15, 0.2) is 0 Å². The van der Waals surface area contributed by atoms with E-state index < -0.39 is 0 Å². The number of rotatable bonds is 6. The average molecular weight is 305 g/mol. The largest absolute Gasteiger partial charge is 0.384 e. The number of ether oxygens (including phenoxy) is 1. The van der Waals surface area contributed by atoms with Gasteiger partial charge in [-0.1, -0.05) is 6.92 Å². The van der Waals surface area contributed by atoms with Crippen LogP contribution in [0.2, 0.25) is 0 Å². The van der Waals surface area contributed by atoms with Crippen molar-refractivity contribution in [3.8, 4) is 0 Å². The maximum Gasteiger partial charge on any atom is 0.137 e. The van der Waals surface area contributed by atoms with Gasteiger partial charge in [-0.2, -0.15) is 0 Å². The first-order chi connectivity index (χ1) is 8.08. The molecule has 17 heavy (non-hydrogen) atoms. The Labute approximate surface area is 110 Å². The second kappa shape index (κ2) is 6.93. The molecule has 0 radical (unpaired) electrons. The summed E-state index contributed by atoms with van der Waals surface area (Å²) < 4.78 is 18.6. The highest BCUT2D eigenvalue weighted by Gasteiger charge is 2.15. The molecular weight excluding hydrogens is 287 g/mol. The average Bonchev–Trinajstić information content (AvgIpc) is 2.30. The number of nitrogens with two attached hydrogens (primary N) is 1. The fourth-order valence-electron chi connectivity index (χ4n) is 1.61. The van der Waals surface area contributed by atoms with Gasteiger partial charge in [-0.15, -0.1) is 0 Å². The highest BCUT2D eigenvalue weighted by atomic mass is 79.9. The lowest BCUT2D eigenvalue weighted by Crippen LogP contribution is -2.37. The van der Waals surface area contributed by atoms with Crippen molar-refractivity contribution in [2.75, 3.05) is 25.6 Å². The zero-order chi connectivity index (χ0) is 12.8. The van der Waals surface area contributed by atoms with Crippen LogP contribution < -0.4 is 11.1 Å². The van der Waals surface area contributed by atoms with Gasteiger partial charge in [0.05, 0.1) is 11.1 Å². The van der Waals surface area contributed by atoms with Gasteiger partial charge < -0.3 is 15.8 Å². The summed E-state index contributed by atoms with van der Waals surface area (Å²) in [5, 5.41) is 3.28. The topological polar surface area (TPSA) is 47.3 Å². The van der Waals surface area contributed by atoms with E-state index in [2.05, 4.69) is 28.2 Å². The lowest BCUT2D eigenvalue weighted by atomic mass is 10.0. The SMILES string of the molecule is COCC(C)C(CN)Nc1ccc(F)c(Br)c1. The molecule has 1 rings (SSSR count). The summed E-state index contributed by atoms with van der Waals surface area (Å²) in [6.45, 7) is 3.20. The second-order valence-electron chi connectivity index (χ2n) is 4.05. The van der Waals surface area contributed by atoms with Gasteiger partial charge in [0.25, 0.3) is 0 Å². The van der Waals surface area contributed by atoms with E-state index in [-0.39, 0.29) is 17.8 Å². The predicted octanol–water partition coefficient (Wildman–Crippen LogP) is 2.61. The standard InChI is InChI=1S/C12H18BrFN2O/c1-8(7-17-2)12(6-15)16-9-3-4-11(14)10(13)5-9/h3-5,8,12,16H,6-7,15H2,1-2H3. The molecule has 0 aromatic heterocycles. The molecule has 3 N–H and O–H groups in total. The number of hydrogen-bond donors (Lipinski definition) is 2. The number of anilines is 1. The molecule has 0 aliphatic rings. The molecule has 0 saturated carbocycles. The third kappa shape index (κ3) is 4.26. The van der Waals surface area contributed by atoms with Gasteiger partial charge in [-0.25, -0.2) is 4.39 Å². The maximum absolute atomic E-state index is 13.1. The Balaban J connectivity index is 2.70. The molecule has 3 nitrogen and oxygen atoms in total. The molecule has 0 fully saturated rings. The molecule has 1 aromatic rings. The van der Waals surface area contributed by atoms with Crippen LogP contribution in [0.3, 0.4) is 0 Å². The van der Waals surface area contributed by atoms with E-state index in [0.29, 0.717) is 17.6 Å². The molecule has 5 heteroatoms. The summed E-state index contributed by atoms with van der Waals surface area (Å²) in [6, 6.07) is 4.92. The lowest BCUT2D eigenvalue weighted by Gasteiger charge is -2.24. The minimum atomic E-state index is -0.273. The molecule has 0 heterocycles. The first kappa shape index (κ1) is 14.4. The van der Waals surface area contributed by atoms with Crippen LogP contribution in [-0.2, 0) is 4.74 Å². The number of halogens is 2. The summed E-state index contributed by atoms with van der Waals surface area (Å²) in [4.78, 5) is 0. The zero-order valence-electron chi connectivity index (χ0n) is 10.0. The van der Waals surface area contributed by atoms with E-state index >= 15 is 0 Å². The summed E-state index contributed by atoms with van der Waals surface area (Å²) in [5.41, 5.74) is 6.56. The van der Waals surface area contributed by atoms with Crippen molar-refractivity contribution in [2.45, 2.75) is 13.0 Å². The second-order valence-corrected chi connectivity index (χ2v) is 4.90. The minimum absolute atomic E-state index is 0.104. The molecule has 0 aliphatic carbocycles. The van der Waals surface area contributed by atoms with E-state index in [4.69, 9.17) is 10.5 Å². The summed E-state index contributed by atoms with van der Waals surface area (Å²) >= 11 is 3.15. The minimum Gasteiger partial charge on any atom is -0.384 e. The van der Waals surface area contributed by atoms with Crippen molar-refractivity contribution in [3.05, 3.63) is 28.5 Å². The van der Waals surface area contributed by atoms with E-state index in [1.165, 1.54) is 6.07 Å². The van der Waals surface area contributed by atoms with Crippen molar-refractivity contribution in [1.82, 2.24) is 0 Å². The number of nitrogens with one attached hydrogen (secondary N) is 1. The summed E-state index contributed by atoms with van der Waals surface area (Å²) in [5.74, 6) is 0.0126. The monoisotopic (exact) mass is 304 g/mol. The van der Waals surface area contributed by atoms with Crippen LogP contribution in [0.25, 0.3) is 0 Å². The fourth-order valence-corrected chi connectivity index (χ4v) is 1.99. The molecular formula is C12H18BrFN2O. The van der Waals surface area contributed by atoms with Crippen molar-refractivity contribution < 1.29 is 9.13 Å². The van der Waals surface area contributed by atoms with Crippen LogP contribution in [0.15, 0.2) is 22.7 Å². The van der Waals surface area contributed by atoms with Gasteiger partial charge in [-0.05, 0) is 34.1 Å². The quantitative estimate of drug-likeness (QED) is 0.849. The highest BCUT2D eigenvalue weighted by Crippen LogP contribution is 2.21. The number of benzene rings is 1. The van der Waals surface area contributed by atoms with Crippen LogP contribution in [0.1, 0.15) is 6.92 Å². The molecule has 1 aromatic carbocycles. The van der Waals surface area contributed by atoms with Crippen molar-refractivity contribution in [2.24, 2.45) is 11.7 Å². The van der Waals surface area contributed by atoms with Crippen LogP contribution in [-0.4, -0.2) is 26.3 Å². The molecule has 96 valence electrons. The van der Waals surface area contributed by atoms with E-state index in [0.717, 1.165) is 5.69 Å². The molecule has 0 saturated heterocycles. The third-order valence-electron chi connectivity index (χ3n) is 2.64.